The van der Waals surface area contributed by atoms with E-state index in [1.54, 1.807) is 0 Å². The van der Waals surface area contributed by atoms with Gasteiger partial charge in [0.2, 0.25) is 0 Å². The molecule has 0 aromatic heterocycles. The van der Waals surface area contributed by atoms with Gasteiger partial charge in [0.25, 0.3) is 5.69 Å². The molecule has 0 bridgehead atoms. The molecule has 1 aromatic carbocycles. The number of anilines is 1. The molecule has 0 saturated carbocycles. The van der Waals surface area contributed by atoms with Crippen LogP contribution in [0.4, 0.5) is 17.1 Å². The van der Waals surface area contributed by atoms with Gasteiger partial charge in [0.15, 0.2) is 0 Å². The highest BCUT2D eigenvalue weighted by molar-refractivity contribution is 5.66. The van der Waals surface area contributed by atoms with Crippen LogP contribution in [0.3, 0.4) is 0 Å². The van der Waals surface area contributed by atoms with E-state index in [9.17, 15) is 10.1 Å². The van der Waals surface area contributed by atoms with Crippen molar-refractivity contribution in [3.8, 4) is 0 Å². The van der Waals surface area contributed by atoms with Gasteiger partial charge in [-0.3, -0.25) is 10.1 Å². The highest BCUT2D eigenvalue weighted by Gasteiger charge is 2.13. The zero-order valence-electron chi connectivity index (χ0n) is 11.0. The van der Waals surface area contributed by atoms with Crippen molar-refractivity contribution in [2.24, 2.45) is 5.11 Å². The molecule has 0 unspecified atom stereocenters. The lowest BCUT2D eigenvalue weighted by atomic mass is 10.2. The molecule has 2 N–H and O–H groups in total. The van der Waals surface area contributed by atoms with Crippen molar-refractivity contribution in [2.75, 3.05) is 18.5 Å². The average molecular weight is 279 g/mol. The smallest absolute Gasteiger partial charge is 0.292 e. The lowest BCUT2D eigenvalue weighted by molar-refractivity contribution is -0.383. The Morgan fingerprint density at radius 3 is 2.75 bits per heavy atom. The van der Waals surface area contributed by atoms with E-state index in [4.69, 9.17) is 10.6 Å². The van der Waals surface area contributed by atoms with Crippen molar-refractivity contribution in [1.82, 2.24) is 0 Å². The predicted molar refractivity (Wildman–Crippen MR) is 75.9 cm³/mol. The summed E-state index contributed by atoms with van der Waals surface area (Å²) in [6, 6.07) is 4.31. The first-order valence-electron chi connectivity index (χ1n) is 6.37. The number of nitro groups is 1. The maximum absolute atomic E-state index is 11.0. The summed E-state index contributed by atoms with van der Waals surface area (Å²) in [7, 11) is 0. The summed E-state index contributed by atoms with van der Waals surface area (Å²) in [5, 5.41) is 25.9. The fourth-order valence-electron chi connectivity index (χ4n) is 1.75. The Kier molecular flexibility index (Phi) is 6.88. The van der Waals surface area contributed by atoms with Gasteiger partial charge in [-0.1, -0.05) is 24.0 Å². The zero-order valence-corrected chi connectivity index (χ0v) is 11.0. The third-order valence-electron chi connectivity index (χ3n) is 2.74. The molecule has 0 fully saturated rings. The summed E-state index contributed by atoms with van der Waals surface area (Å²) in [5.74, 6) is 0. The summed E-state index contributed by atoms with van der Waals surface area (Å²) in [5.41, 5.74) is 8.84. The fraction of sp³-hybridized carbons (Fsp3) is 0.500. The maximum atomic E-state index is 11.0. The second kappa shape index (κ2) is 8.73. The van der Waals surface area contributed by atoms with Crippen LogP contribution in [-0.2, 0) is 0 Å². The molecular formula is C12H17N5O3. The molecule has 8 heteroatoms. The number of hydrogen-bond donors (Lipinski definition) is 2. The topological polar surface area (TPSA) is 124 Å². The van der Waals surface area contributed by atoms with E-state index in [1.165, 1.54) is 18.2 Å². The van der Waals surface area contributed by atoms with E-state index in [1.807, 2.05) is 0 Å². The van der Waals surface area contributed by atoms with Gasteiger partial charge >= 0.3 is 0 Å². The summed E-state index contributed by atoms with van der Waals surface area (Å²) in [6.07, 6.45) is 3.55. The van der Waals surface area contributed by atoms with Gasteiger partial charge in [0.1, 0.15) is 5.69 Å². The van der Waals surface area contributed by atoms with Crippen molar-refractivity contribution in [2.45, 2.75) is 25.7 Å². The van der Waals surface area contributed by atoms with Crippen molar-refractivity contribution >= 4 is 17.1 Å². The lowest BCUT2D eigenvalue weighted by Gasteiger charge is -2.07. The number of rotatable bonds is 9. The monoisotopic (exact) mass is 279 g/mol. The molecule has 0 amide bonds. The largest absolute Gasteiger partial charge is 0.396 e. The summed E-state index contributed by atoms with van der Waals surface area (Å²) in [4.78, 5) is 13.0. The van der Waals surface area contributed by atoms with Crippen LogP contribution in [0, 0.1) is 10.1 Å². The number of benzene rings is 1. The first-order chi connectivity index (χ1) is 9.69. The van der Waals surface area contributed by atoms with Crippen LogP contribution in [-0.4, -0.2) is 23.2 Å². The molecule has 0 saturated heterocycles. The average Bonchev–Trinajstić information content (AvgIpc) is 2.44. The Morgan fingerprint density at radius 1 is 1.35 bits per heavy atom. The summed E-state index contributed by atoms with van der Waals surface area (Å²) in [6.45, 7) is 0.812. The van der Waals surface area contributed by atoms with Crippen LogP contribution >= 0.6 is 0 Å². The van der Waals surface area contributed by atoms with Gasteiger partial charge in [-0.2, -0.15) is 0 Å². The second-order valence-corrected chi connectivity index (χ2v) is 4.21. The molecule has 1 aromatic rings. The van der Waals surface area contributed by atoms with Gasteiger partial charge in [-0.25, -0.2) is 0 Å². The first kappa shape index (κ1) is 15.7. The minimum atomic E-state index is -0.509. The molecule has 1 rings (SSSR count). The quantitative estimate of drug-likeness (QED) is 0.179. The van der Waals surface area contributed by atoms with E-state index < -0.39 is 4.92 Å². The Hall–Kier alpha value is -2.31. The van der Waals surface area contributed by atoms with Crippen molar-refractivity contribution < 1.29 is 10.0 Å². The number of nitrogens with one attached hydrogen (secondary N) is 1. The van der Waals surface area contributed by atoms with Gasteiger partial charge in [0.05, 0.1) is 4.92 Å². The Labute approximate surface area is 116 Å². The number of nitro benzene ring substituents is 1. The summed E-state index contributed by atoms with van der Waals surface area (Å²) >= 11 is 0. The molecule has 108 valence electrons. The number of aliphatic hydroxyl groups excluding tert-OH is 1. The van der Waals surface area contributed by atoms with Gasteiger partial charge in [-0.05, 0) is 24.4 Å². The molecule has 0 spiro atoms. The van der Waals surface area contributed by atoms with Crippen molar-refractivity contribution in [3.05, 3.63) is 38.8 Å². The molecule has 0 heterocycles. The van der Waals surface area contributed by atoms with E-state index in [-0.39, 0.29) is 18.0 Å². The van der Waals surface area contributed by atoms with E-state index >= 15 is 0 Å². The van der Waals surface area contributed by atoms with Gasteiger partial charge in [0, 0.05) is 29.8 Å². The van der Waals surface area contributed by atoms with Crippen LogP contribution in [0.1, 0.15) is 25.7 Å². The maximum Gasteiger partial charge on any atom is 0.292 e. The number of hydrogen-bond acceptors (Lipinski definition) is 5. The second-order valence-electron chi connectivity index (χ2n) is 4.21. The number of aliphatic hydroxyl groups is 1. The predicted octanol–water partition coefficient (Wildman–Crippen LogP) is 3.50. The van der Waals surface area contributed by atoms with E-state index in [0.29, 0.717) is 12.2 Å². The molecule has 0 aliphatic rings. The molecule has 20 heavy (non-hydrogen) atoms. The van der Waals surface area contributed by atoms with Crippen LogP contribution in [0.5, 0.6) is 0 Å². The molecule has 0 aliphatic heterocycles. The van der Waals surface area contributed by atoms with Crippen LogP contribution in [0.15, 0.2) is 23.3 Å². The van der Waals surface area contributed by atoms with Crippen molar-refractivity contribution in [1.29, 1.82) is 0 Å². The summed E-state index contributed by atoms with van der Waals surface area (Å²) < 4.78 is 0. The minimum Gasteiger partial charge on any atom is -0.396 e. The highest BCUT2D eigenvalue weighted by atomic mass is 16.6. The number of azide groups is 1. The molecule has 0 atom stereocenters. The first-order valence-corrected chi connectivity index (χ1v) is 6.37. The Balaban J connectivity index is 2.60. The normalized spacial score (nSPS) is 9.85. The molecule has 0 aliphatic carbocycles. The molecule has 0 radical (unpaired) electrons. The number of unbranched alkanes of at least 4 members (excludes halogenated alkanes) is 3. The third kappa shape index (κ3) is 5.13. The molecular weight excluding hydrogens is 262 g/mol. The fourth-order valence-corrected chi connectivity index (χ4v) is 1.75. The van der Waals surface area contributed by atoms with Crippen LogP contribution < -0.4 is 5.32 Å². The van der Waals surface area contributed by atoms with Crippen molar-refractivity contribution in [3.63, 3.8) is 0 Å². The SMILES string of the molecule is [N-]=[N+]=Nc1ccc(NCCCCCCO)c([N+](=O)[O-])c1. The third-order valence-corrected chi connectivity index (χ3v) is 2.74. The minimum absolute atomic E-state index is 0.106. The van der Waals surface area contributed by atoms with Crippen LogP contribution in [0.25, 0.3) is 10.4 Å². The van der Waals surface area contributed by atoms with Gasteiger partial charge < -0.3 is 10.4 Å². The van der Waals surface area contributed by atoms with E-state index in [2.05, 4.69) is 15.3 Å². The highest BCUT2D eigenvalue weighted by Crippen LogP contribution is 2.29. The Bertz CT molecular complexity index is 500. The molecule has 8 nitrogen and oxygen atoms in total. The van der Waals surface area contributed by atoms with Gasteiger partial charge in [-0.15, -0.1) is 0 Å². The Morgan fingerprint density at radius 2 is 2.10 bits per heavy atom. The van der Waals surface area contributed by atoms with Crippen LogP contribution in [0.2, 0.25) is 0 Å². The van der Waals surface area contributed by atoms with E-state index in [0.717, 1.165) is 25.7 Å². The zero-order chi connectivity index (χ0) is 14.8. The number of nitrogens with zero attached hydrogens (tertiary/aromatic N) is 4. The lowest BCUT2D eigenvalue weighted by Crippen LogP contribution is -2.04. The standard InChI is InChI=1S/C12H17N5O3/c13-16-15-10-5-6-11(12(9-10)17(19)20)14-7-3-1-2-4-8-18/h5-6,9,14,18H,1-4,7-8H2.